The molecule has 0 unspecified atom stereocenters. The number of para-hydroxylation sites is 2. The van der Waals surface area contributed by atoms with Crippen LogP contribution < -0.4 is 14.9 Å². The van der Waals surface area contributed by atoms with Gasteiger partial charge in [-0.05, 0) is 39.7 Å². The first-order valence-electron chi connectivity index (χ1n) is 9.24. The largest absolute Gasteiger partial charge is 0.493 e. The van der Waals surface area contributed by atoms with Gasteiger partial charge in [-0.3, -0.25) is 4.79 Å². The lowest BCUT2D eigenvalue weighted by Gasteiger charge is -2.09. The summed E-state index contributed by atoms with van der Waals surface area (Å²) >= 11 is 0. The number of methoxy groups -OCH3 is 1. The van der Waals surface area contributed by atoms with Crippen molar-refractivity contribution >= 4 is 33.7 Å². The number of nitrogens with zero attached hydrogens (tertiary/aromatic N) is 1. The molecule has 144 valence electrons. The van der Waals surface area contributed by atoms with Crippen LogP contribution in [-0.2, 0) is 4.79 Å². The van der Waals surface area contributed by atoms with Gasteiger partial charge in [-0.25, -0.2) is 5.43 Å². The highest BCUT2D eigenvalue weighted by molar-refractivity contribution is 6.13. The van der Waals surface area contributed by atoms with E-state index in [1.807, 2.05) is 36.4 Å². The van der Waals surface area contributed by atoms with Crippen LogP contribution in [0.4, 0.5) is 0 Å². The van der Waals surface area contributed by atoms with Crippen molar-refractivity contribution in [2.24, 2.45) is 5.10 Å². The van der Waals surface area contributed by atoms with Crippen LogP contribution in [0, 0.1) is 0 Å². The van der Waals surface area contributed by atoms with Gasteiger partial charge in [0.1, 0.15) is 0 Å². The second-order valence-corrected chi connectivity index (χ2v) is 6.47. The molecule has 29 heavy (non-hydrogen) atoms. The van der Waals surface area contributed by atoms with E-state index in [2.05, 4.69) is 40.9 Å². The van der Waals surface area contributed by atoms with Crippen LogP contribution in [0.2, 0.25) is 0 Å². The van der Waals surface area contributed by atoms with Crippen LogP contribution in [0.25, 0.3) is 21.5 Å². The number of hydrogen-bond acceptors (Lipinski definition) is 4. The molecule has 0 aliphatic heterocycles. The first-order valence-corrected chi connectivity index (χ1v) is 9.24. The van der Waals surface area contributed by atoms with E-state index in [0.717, 1.165) is 27.1 Å². The maximum absolute atomic E-state index is 12.1. The highest BCUT2D eigenvalue weighted by Crippen LogP contribution is 2.27. The zero-order valence-corrected chi connectivity index (χ0v) is 16.0. The summed E-state index contributed by atoms with van der Waals surface area (Å²) in [6, 6.07) is 25.6. The van der Waals surface area contributed by atoms with Crippen molar-refractivity contribution in [1.29, 1.82) is 0 Å². The predicted octanol–water partition coefficient (Wildman–Crippen LogP) is 4.53. The third kappa shape index (κ3) is 4.04. The Balaban J connectivity index is 1.51. The summed E-state index contributed by atoms with van der Waals surface area (Å²) in [7, 11) is 1.56. The minimum absolute atomic E-state index is 0.159. The van der Waals surface area contributed by atoms with E-state index in [0.29, 0.717) is 11.5 Å². The van der Waals surface area contributed by atoms with Crippen LogP contribution >= 0.6 is 0 Å². The molecule has 1 N–H and O–H groups in total. The maximum atomic E-state index is 12.1. The third-order valence-corrected chi connectivity index (χ3v) is 4.62. The van der Waals surface area contributed by atoms with E-state index in [1.165, 1.54) is 0 Å². The maximum Gasteiger partial charge on any atom is 0.277 e. The Morgan fingerprint density at radius 2 is 1.48 bits per heavy atom. The molecule has 0 saturated heterocycles. The Labute approximate surface area is 168 Å². The number of nitrogens with one attached hydrogen (secondary N) is 1. The fraction of sp³-hybridized carbons (Fsp3) is 0.0833. The fourth-order valence-corrected chi connectivity index (χ4v) is 3.27. The molecule has 5 heteroatoms. The average Bonchev–Trinajstić information content (AvgIpc) is 2.77. The predicted molar refractivity (Wildman–Crippen MR) is 116 cm³/mol. The first kappa shape index (κ1) is 18.5. The number of hydrogen-bond donors (Lipinski definition) is 1. The molecular weight excluding hydrogens is 364 g/mol. The van der Waals surface area contributed by atoms with Gasteiger partial charge in [-0.1, -0.05) is 60.7 Å². The van der Waals surface area contributed by atoms with Gasteiger partial charge in [0.2, 0.25) is 0 Å². The Bertz CT molecular complexity index is 1150. The van der Waals surface area contributed by atoms with E-state index in [1.54, 1.807) is 25.5 Å². The number of ether oxygens (including phenoxy) is 2. The van der Waals surface area contributed by atoms with Gasteiger partial charge in [0.05, 0.1) is 13.3 Å². The molecular formula is C24H20N2O3. The molecule has 4 aromatic rings. The highest BCUT2D eigenvalue weighted by Gasteiger charge is 2.07. The molecule has 0 heterocycles. The minimum Gasteiger partial charge on any atom is -0.493 e. The summed E-state index contributed by atoms with van der Waals surface area (Å²) in [5.41, 5.74) is 3.50. The molecule has 0 bridgehead atoms. The van der Waals surface area contributed by atoms with Crippen molar-refractivity contribution in [2.45, 2.75) is 0 Å². The lowest BCUT2D eigenvalue weighted by atomic mass is 9.97. The lowest BCUT2D eigenvalue weighted by molar-refractivity contribution is -0.123. The van der Waals surface area contributed by atoms with Crippen LogP contribution in [0.5, 0.6) is 11.5 Å². The van der Waals surface area contributed by atoms with Gasteiger partial charge >= 0.3 is 0 Å². The molecule has 0 aromatic heterocycles. The number of amides is 1. The topological polar surface area (TPSA) is 59.9 Å². The first-order chi connectivity index (χ1) is 14.3. The van der Waals surface area contributed by atoms with E-state index < -0.39 is 0 Å². The number of hydrazone groups is 1. The Morgan fingerprint density at radius 1 is 0.897 bits per heavy atom. The van der Waals surface area contributed by atoms with Crippen LogP contribution in [0.3, 0.4) is 0 Å². The number of fused-ring (bicyclic) bond motifs is 2. The summed E-state index contributed by atoms with van der Waals surface area (Å²) in [5, 5.41) is 8.56. The average molecular weight is 384 g/mol. The molecule has 0 atom stereocenters. The Hall–Kier alpha value is -3.86. The van der Waals surface area contributed by atoms with Crippen molar-refractivity contribution in [3.63, 3.8) is 0 Å². The summed E-state index contributed by atoms with van der Waals surface area (Å²) < 4.78 is 10.7. The molecule has 0 aliphatic carbocycles. The fourth-order valence-electron chi connectivity index (χ4n) is 3.27. The standard InChI is InChI=1S/C24H20N2O3/c1-28-22-12-6-7-13-23(22)29-16-24(27)26-25-15-21-19-10-4-2-8-17(19)14-18-9-3-5-11-20(18)21/h2-15H,16H2,1H3,(H,26,27)/b25-15-. The molecule has 4 rings (SSSR count). The van der Waals surface area contributed by atoms with Gasteiger partial charge in [-0.15, -0.1) is 0 Å². The number of carbonyl (C=O) groups excluding carboxylic acids is 1. The summed E-state index contributed by atoms with van der Waals surface area (Å²) in [5.74, 6) is 0.733. The van der Waals surface area contributed by atoms with Crippen molar-refractivity contribution < 1.29 is 14.3 Å². The van der Waals surface area contributed by atoms with E-state index >= 15 is 0 Å². The Morgan fingerprint density at radius 3 is 2.14 bits per heavy atom. The van der Waals surface area contributed by atoms with E-state index in [9.17, 15) is 4.79 Å². The van der Waals surface area contributed by atoms with Crippen molar-refractivity contribution in [3.8, 4) is 11.5 Å². The van der Waals surface area contributed by atoms with Crippen LogP contribution in [-0.4, -0.2) is 25.8 Å². The van der Waals surface area contributed by atoms with Crippen LogP contribution in [0.1, 0.15) is 5.56 Å². The molecule has 0 saturated carbocycles. The second-order valence-electron chi connectivity index (χ2n) is 6.47. The zero-order valence-electron chi connectivity index (χ0n) is 16.0. The van der Waals surface area contributed by atoms with Crippen molar-refractivity contribution in [1.82, 2.24) is 5.43 Å². The molecule has 4 aromatic carbocycles. The van der Waals surface area contributed by atoms with E-state index in [4.69, 9.17) is 9.47 Å². The van der Waals surface area contributed by atoms with E-state index in [-0.39, 0.29) is 12.5 Å². The SMILES string of the molecule is COc1ccccc1OCC(=O)N/N=C\c1c2ccccc2cc2ccccc12. The van der Waals surface area contributed by atoms with Gasteiger partial charge in [-0.2, -0.15) is 5.10 Å². The zero-order chi connectivity index (χ0) is 20.1. The quantitative estimate of drug-likeness (QED) is 0.302. The Kier molecular flexibility index (Phi) is 5.38. The smallest absolute Gasteiger partial charge is 0.277 e. The molecule has 5 nitrogen and oxygen atoms in total. The number of carbonyl (C=O) groups is 1. The molecule has 1 amide bonds. The second kappa shape index (κ2) is 8.44. The van der Waals surface area contributed by atoms with Crippen molar-refractivity contribution in [3.05, 3.63) is 84.4 Å². The minimum atomic E-state index is -0.350. The third-order valence-electron chi connectivity index (χ3n) is 4.62. The molecule has 0 fully saturated rings. The van der Waals surface area contributed by atoms with Gasteiger partial charge in [0, 0.05) is 5.56 Å². The summed E-state index contributed by atoms with van der Waals surface area (Å²) in [6.45, 7) is -0.159. The highest BCUT2D eigenvalue weighted by atomic mass is 16.5. The summed E-state index contributed by atoms with van der Waals surface area (Å²) in [6.07, 6.45) is 1.69. The normalized spacial score (nSPS) is 11.1. The van der Waals surface area contributed by atoms with Crippen LogP contribution in [0.15, 0.2) is 84.0 Å². The van der Waals surface area contributed by atoms with Crippen molar-refractivity contribution in [2.75, 3.05) is 13.7 Å². The number of benzene rings is 4. The molecule has 0 radical (unpaired) electrons. The monoisotopic (exact) mass is 384 g/mol. The molecule has 0 aliphatic rings. The summed E-state index contributed by atoms with van der Waals surface area (Å²) in [4.78, 5) is 12.1. The van der Waals surface area contributed by atoms with Gasteiger partial charge < -0.3 is 9.47 Å². The lowest BCUT2D eigenvalue weighted by Crippen LogP contribution is -2.24. The number of rotatable bonds is 6. The van der Waals surface area contributed by atoms with Gasteiger partial charge in [0.25, 0.3) is 5.91 Å². The van der Waals surface area contributed by atoms with Gasteiger partial charge in [0.15, 0.2) is 18.1 Å². The molecule has 0 spiro atoms.